The number of nitrogens with zero attached hydrogens (tertiary/aromatic N) is 5. The van der Waals surface area contributed by atoms with Crippen molar-refractivity contribution < 1.29 is 4.79 Å². The lowest BCUT2D eigenvalue weighted by atomic mass is 10.0. The fourth-order valence-corrected chi connectivity index (χ4v) is 3.03. The summed E-state index contributed by atoms with van der Waals surface area (Å²) in [6.07, 6.45) is 5.61. The van der Waals surface area contributed by atoms with Crippen LogP contribution in [0.3, 0.4) is 0 Å². The van der Waals surface area contributed by atoms with Crippen molar-refractivity contribution in [3.05, 3.63) is 42.4 Å². The number of likely N-dealkylation sites (N-methyl/N-ethyl adjacent to an activating group) is 1. The van der Waals surface area contributed by atoms with Gasteiger partial charge < -0.3 is 9.80 Å². The summed E-state index contributed by atoms with van der Waals surface area (Å²) < 4.78 is 1.67. The van der Waals surface area contributed by atoms with Crippen molar-refractivity contribution in [1.82, 2.24) is 19.7 Å². The van der Waals surface area contributed by atoms with Crippen molar-refractivity contribution in [2.45, 2.75) is 32.4 Å². The topological polar surface area (TPSA) is 54.3 Å². The van der Waals surface area contributed by atoms with E-state index in [1.807, 2.05) is 49.3 Å². The van der Waals surface area contributed by atoms with E-state index < -0.39 is 0 Å². The van der Waals surface area contributed by atoms with Gasteiger partial charge in [-0.25, -0.2) is 4.98 Å². The summed E-state index contributed by atoms with van der Waals surface area (Å²) in [5, 5.41) is 4.10. The summed E-state index contributed by atoms with van der Waals surface area (Å²) >= 11 is 0. The van der Waals surface area contributed by atoms with Crippen LogP contribution in [0.4, 0.5) is 5.82 Å². The van der Waals surface area contributed by atoms with Crippen LogP contribution in [0, 0.1) is 6.92 Å². The fourth-order valence-electron chi connectivity index (χ4n) is 3.03. The first-order valence-electron chi connectivity index (χ1n) is 8.05. The second kappa shape index (κ2) is 6.81. The average molecular weight is 313 g/mol. The van der Waals surface area contributed by atoms with Gasteiger partial charge in [-0.1, -0.05) is 6.07 Å². The number of rotatable bonds is 4. The number of aryl methyl sites for hydroxylation is 1. The van der Waals surface area contributed by atoms with Gasteiger partial charge in [0.15, 0.2) is 0 Å². The Kier molecular flexibility index (Phi) is 4.60. The quantitative estimate of drug-likeness (QED) is 0.862. The molecule has 0 bridgehead atoms. The Morgan fingerprint density at radius 2 is 2.26 bits per heavy atom. The zero-order chi connectivity index (χ0) is 16.2. The summed E-state index contributed by atoms with van der Waals surface area (Å²) in [5.41, 5.74) is 1.02. The van der Waals surface area contributed by atoms with Gasteiger partial charge in [-0.2, -0.15) is 5.10 Å². The lowest BCUT2D eigenvalue weighted by Gasteiger charge is -2.38. The molecule has 2 aromatic rings. The van der Waals surface area contributed by atoms with Crippen LogP contribution in [0.2, 0.25) is 0 Å². The minimum atomic E-state index is 0.0951. The van der Waals surface area contributed by atoms with Gasteiger partial charge in [0.25, 0.3) is 0 Å². The minimum absolute atomic E-state index is 0.0951. The average Bonchev–Trinajstić information content (AvgIpc) is 3.07. The van der Waals surface area contributed by atoms with Crippen LogP contribution in [-0.4, -0.2) is 51.8 Å². The third-order valence-electron chi connectivity index (χ3n) is 4.39. The first kappa shape index (κ1) is 15.5. The normalized spacial score (nSPS) is 18.0. The maximum Gasteiger partial charge on any atom is 0.244 e. The number of amides is 1. The maximum absolute atomic E-state index is 12.4. The highest BCUT2D eigenvalue weighted by Gasteiger charge is 2.26. The van der Waals surface area contributed by atoms with Crippen molar-refractivity contribution in [3.8, 4) is 0 Å². The second-order valence-electron chi connectivity index (χ2n) is 6.09. The Balaban J connectivity index is 1.64. The van der Waals surface area contributed by atoms with E-state index in [1.54, 1.807) is 10.9 Å². The van der Waals surface area contributed by atoms with Crippen LogP contribution in [0.1, 0.15) is 18.5 Å². The molecule has 1 saturated heterocycles. The number of aromatic nitrogens is 3. The smallest absolute Gasteiger partial charge is 0.244 e. The van der Waals surface area contributed by atoms with Gasteiger partial charge in [0, 0.05) is 44.3 Å². The molecule has 122 valence electrons. The van der Waals surface area contributed by atoms with Crippen LogP contribution in [0.5, 0.6) is 0 Å². The molecule has 23 heavy (non-hydrogen) atoms. The molecule has 0 spiro atoms. The molecule has 1 aliphatic heterocycles. The van der Waals surface area contributed by atoms with Crippen molar-refractivity contribution in [1.29, 1.82) is 0 Å². The third kappa shape index (κ3) is 3.70. The Morgan fingerprint density at radius 1 is 1.39 bits per heavy atom. The van der Waals surface area contributed by atoms with Crippen molar-refractivity contribution in [2.75, 3.05) is 25.0 Å². The molecular weight excluding hydrogens is 290 g/mol. The number of pyridine rings is 1. The largest absolute Gasteiger partial charge is 0.355 e. The second-order valence-corrected chi connectivity index (χ2v) is 6.09. The molecule has 0 aliphatic carbocycles. The lowest BCUT2D eigenvalue weighted by Crippen LogP contribution is -2.49. The van der Waals surface area contributed by atoms with Gasteiger partial charge >= 0.3 is 0 Å². The number of carbonyl (C=O) groups is 1. The van der Waals surface area contributed by atoms with Crippen LogP contribution >= 0.6 is 0 Å². The zero-order valence-electron chi connectivity index (χ0n) is 13.7. The number of piperidine rings is 1. The first-order valence-corrected chi connectivity index (χ1v) is 8.05. The number of anilines is 1. The van der Waals surface area contributed by atoms with E-state index in [4.69, 9.17) is 0 Å². The van der Waals surface area contributed by atoms with Gasteiger partial charge in [0.1, 0.15) is 12.4 Å². The zero-order valence-corrected chi connectivity index (χ0v) is 13.7. The number of hydrogen-bond acceptors (Lipinski definition) is 4. The molecule has 6 nitrogen and oxygen atoms in total. The minimum Gasteiger partial charge on any atom is -0.355 e. The summed E-state index contributed by atoms with van der Waals surface area (Å²) in [4.78, 5) is 21.2. The third-order valence-corrected chi connectivity index (χ3v) is 4.39. The van der Waals surface area contributed by atoms with Crippen LogP contribution in [0.25, 0.3) is 0 Å². The van der Waals surface area contributed by atoms with Gasteiger partial charge in [-0.15, -0.1) is 0 Å². The fraction of sp³-hybridized carbons (Fsp3) is 0.471. The molecule has 0 unspecified atom stereocenters. The highest BCUT2D eigenvalue weighted by Crippen LogP contribution is 2.20. The van der Waals surface area contributed by atoms with E-state index in [-0.39, 0.29) is 11.9 Å². The molecule has 2 aromatic heterocycles. The van der Waals surface area contributed by atoms with E-state index in [9.17, 15) is 4.79 Å². The standard InChI is InChI=1S/C17H23N5O/c1-14-6-3-8-16(19-14)21-10-4-7-15(12-21)20(2)17(23)13-22-11-5-9-18-22/h3,5-6,8-9,11,15H,4,7,10,12-13H2,1-2H3/t15-/m1/s1. The Bertz CT molecular complexity index is 655. The molecule has 1 amide bonds. The van der Waals surface area contributed by atoms with Gasteiger partial charge in [-0.3, -0.25) is 9.48 Å². The lowest BCUT2D eigenvalue weighted by molar-refractivity contribution is -0.133. The van der Waals surface area contributed by atoms with Gasteiger partial charge in [-0.05, 0) is 38.0 Å². The predicted molar refractivity (Wildman–Crippen MR) is 89.2 cm³/mol. The van der Waals surface area contributed by atoms with E-state index in [2.05, 4.69) is 15.0 Å². The maximum atomic E-state index is 12.4. The summed E-state index contributed by atoms with van der Waals surface area (Å²) in [5.74, 6) is 1.10. The number of carbonyl (C=O) groups excluding carboxylic acids is 1. The van der Waals surface area contributed by atoms with E-state index in [0.29, 0.717) is 6.54 Å². The van der Waals surface area contributed by atoms with E-state index in [0.717, 1.165) is 37.4 Å². The molecule has 0 aromatic carbocycles. The summed E-state index contributed by atoms with van der Waals surface area (Å²) in [7, 11) is 1.89. The van der Waals surface area contributed by atoms with Crippen LogP contribution in [-0.2, 0) is 11.3 Å². The highest BCUT2D eigenvalue weighted by atomic mass is 16.2. The number of hydrogen-bond donors (Lipinski definition) is 0. The molecule has 3 heterocycles. The monoisotopic (exact) mass is 313 g/mol. The molecular formula is C17H23N5O. The van der Waals surface area contributed by atoms with E-state index >= 15 is 0 Å². The SMILES string of the molecule is Cc1cccc(N2CCC[C@@H](N(C)C(=O)Cn3cccn3)C2)n1. The molecule has 3 rings (SSSR count). The molecule has 0 saturated carbocycles. The molecule has 1 aliphatic rings. The van der Waals surface area contributed by atoms with Crippen molar-refractivity contribution in [2.24, 2.45) is 0 Å². The van der Waals surface area contributed by atoms with Crippen molar-refractivity contribution in [3.63, 3.8) is 0 Å². The van der Waals surface area contributed by atoms with Crippen LogP contribution < -0.4 is 4.90 Å². The molecule has 1 atom stereocenters. The van der Waals surface area contributed by atoms with E-state index in [1.165, 1.54) is 0 Å². The molecule has 1 fully saturated rings. The van der Waals surface area contributed by atoms with Crippen molar-refractivity contribution >= 4 is 11.7 Å². The van der Waals surface area contributed by atoms with Gasteiger partial charge in [0.05, 0.1) is 0 Å². The predicted octanol–water partition coefficient (Wildman–Crippen LogP) is 1.71. The van der Waals surface area contributed by atoms with Crippen LogP contribution in [0.15, 0.2) is 36.7 Å². The Hall–Kier alpha value is -2.37. The summed E-state index contributed by atoms with van der Waals surface area (Å²) in [6, 6.07) is 8.13. The highest BCUT2D eigenvalue weighted by molar-refractivity contribution is 5.76. The van der Waals surface area contributed by atoms with Gasteiger partial charge in [0.2, 0.25) is 5.91 Å². The molecule has 6 heteroatoms. The Labute approximate surface area is 136 Å². The summed E-state index contributed by atoms with van der Waals surface area (Å²) in [6.45, 7) is 4.12. The Morgan fingerprint density at radius 3 is 3.00 bits per heavy atom. The first-order chi connectivity index (χ1) is 11.1. The molecule has 0 N–H and O–H groups in total. The molecule has 0 radical (unpaired) electrons.